The average Bonchev–Trinajstić information content (AvgIpc) is 3.32. The summed E-state index contributed by atoms with van der Waals surface area (Å²) in [5.74, 6) is 0. The van der Waals surface area contributed by atoms with Gasteiger partial charge in [0.15, 0.2) is 0 Å². The van der Waals surface area contributed by atoms with Crippen LogP contribution in [-0.4, -0.2) is 34.8 Å². The summed E-state index contributed by atoms with van der Waals surface area (Å²) in [6.45, 7) is 0. The van der Waals surface area contributed by atoms with Crippen LogP contribution in [0.4, 0.5) is 5.69 Å². The van der Waals surface area contributed by atoms with Gasteiger partial charge >= 0.3 is 0 Å². The zero-order valence-corrected chi connectivity index (χ0v) is 14.8. The van der Waals surface area contributed by atoms with E-state index in [0.717, 1.165) is 21.1 Å². The van der Waals surface area contributed by atoms with Gasteiger partial charge in [-0.1, -0.05) is 0 Å². The normalized spacial score (nSPS) is 22.2. The number of sulfonamides is 1. The van der Waals surface area contributed by atoms with Gasteiger partial charge in [-0.3, -0.25) is 15.1 Å². The molecule has 0 aliphatic carbocycles. The highest BCUT2D eigenvalue weighted by Gasteiger charge is 2.43. The molecule has 0 spiro atoms. The molecule has 2 N–H and O–H groups in total. The summed E-state index contributed by atoms with van der Waals surface area (Å²) in [4.78, 5) is 14.1. The Hall–Kier alpha value is -2.85. The van der Waals surface area contributed by atoms with Gasteiger partial charge in [-0.15, -0.1) is 11.3 Å². The van der Waals surface area contributed by atoms with Gasteiger partial charge in [0.25, 0.3) is 0 Å². The molecule has 0 radical (unpaired) electrons. The Kier molecular flexibility index (Phi) is 3.31. The molecule has 8 nitrogen and oxygen atoms in total. The minimum absolute atomic E-state index is 0.477. The molecule has 26 heavy (non-hydrogen) atoms. The number of hydrazone groups is 1. The molecular weight excluding hydrogens is 372 g/mol. The molecule has 0 saturated carbocycles. The first-order chi connectivity index (χ1) is 12.6. The van der Waals surface area contributed by atoms with E-state index in [1.165, 1.54) is 17.6 Å². The van der Waals surface area contributed by atoms with Gasteiger partial charge in [0.05, 0.1) is 22.0 Å². The number of nitrogens with one attached hydrogen (secondary N) is 2. The maximum atomic E-state index is 12.3. The van der Waals surface area contributed by atoms with Crippen LogP contribution in [0.1, 0.15) is 11.7 Å². The Labute approximate surface area is 153 Å². The molecule has 130 valence electrons. The largest absolute Gasteiger partial charge is 0.299 e. The predicted molar refractivity (Wildman–Crippen MR) is 99.3 cm³/mol. The quantitative estimate of drug-likeness (QED) is 0.700. The Morgan fingerprint density at radius 2 is 2.08 bits per heavy atom. The van der Waals surface area contributed by atoms with Crippen LogP contribution < -0.4 is 10.1 Å². The third-order valence-corrected chi connectivity index (χ3v) is 6.94. The molecule has 5 heterocycles. The van der Waals surface area contributed by atoms with Crippen molar-refractivity contribution in [2.24, 2.45) is 5.10 Å². The summed E-state index contributed by atoms with van der Waals surface area (Å²) < 4.78 is 27.1. The summed E-state index contributed by atoms with van der Waals surface area (Å²) in [6.07, 6.45) is 6.65. The number of hydrogen-bond acceptors (Lipinski definition) is 8. The van der Waals surface area contributed by atoms with E-state index in [1.54, 1.807) is 30.7 Å². The fraction of sp³-hybridized carbons (Fsp3) is 0.125. The van der Waals surface area contributed by atoms with Crippen molar-refractivity contribution in [2.45, 2.75) is 11.3 Å². The van der Waals surface area contributed by atoms with Crippen LogP contribution in [0.3, 0.4) is 0 Å². The molecule has 2 atom stereocenters. The van der Waals surface area contributed by atoms with E-state index in [2.05, 4.69) is 30.2 Å². The summed E-state index contributed by atoms with van der Waals surface area (Å²) in [5, 5.41) is 4.01. The molecule has 3 aromatic rings. The van der Waals surface area contributed by atoms with Crippen molar-refractivity contribution in [2.75, 3.05) is 4.72 Å². The van der Waals surface area contributed by atoms with Crippen molar-refractivity contribution in [3.8, 4) is 21.1 Å². The molecule has 0 saturated heterocycles. The molecule has 3 aromatic heterocycles. The second-order valence-corrected chi connectivity index (χ2v) is 8.77. The van der Waals surface area contributed by atoms with Crippen LogP contribution in [-0.2, 0) is 10.0 Å². The summed E-state index contributed by atoms with van der Waals surface area (Å²) >= 11 is 1.51. The first-order valence-corrected chi connectivity index (χ1v) is 10.2. The summed E-state index contributed by atoms with van der Waals surface area (Å²) in [5.41, 5.74) is 5.65. The highest BCUT2D eigenvalue weighted by Crippen LogP contribution is 2.38. The third-order valence-electron chi connectivity index (χ3n) is 4.26. The lowest BCUT2D eigenvalue weighted by molar-refractivity contribution is 0.554. The van der Waals surface area contributed by atoms with Crippen molar-refractivity contribution >= 4 is 33.3 Å². The number of thiazole rings is 1. The second-order valence-electron chi connectivity index (χ2n) is 5.90. The lowest BCUT2D eigenvalue weighted by Crippen LogP contribution is -2.40. The van der Waals surface area contributed by atoms with Crippen molar-refractivity contribution in [3.05, 3.63) is 48.5 Å². The number of aromatic nitrogens is 3. The Morgan fingerprint density at radius 3 is 2.92 bits per heavy atom. The van der Waals surface area contributed by atoms with Gasteiger partial charge in [-0.2, -0.15) is 5.10 Å². The van der Waals surface area contributed by atoms with Gasteiger partial charge in [0.1, 0.15) is 16.3 Å². The zero-order valence-electron chi connectivity index (χ0n) is 13.2. The molecule has 10 heteroatoms. The molecule has 5 rings (SSSR count). The smallest absolute Gasteiger partial charge is 0.243 e. The first kappa shape index (κ1) is 15.4. The number of hydrogen-bond donors (Lipinski definition) is 2. The second kappa shape index (κ2) is 5.58. The molecular formula is C16H12N6O2S2. The Bertz CT molecular complexity index is 1130. The number of fused-ring (bicyclic) bond motifs is 3. The summed E-state index contributed by atoms with van der Waals surface area (Å²) in [6, 6.07) is 6.86. The van der Waals surface area contributed by atoms with Gasteiger partial charge < -0.3 is 0 Å². The van der Waals surface area contributed by atoms with Gasteiger partial charge in [-0.05, 0) is 24.3 Å². The Morgan fingerprint density at radius 1 is 1.15 bits per heavy atom. The van der Waals surface area contributed by atoms with E-state index in [-0.39, 0.29) is 0 Å². The predicted octanol–water partition coefficient (Wildman–Crippen LogP) is 2.02. The van der Waals surface area contributed by atoms with Gasteiger partial charge in [0.2, 0.25) is 10.0 Å². The van der Waals surface area contributed by atoms with Crippen molar-refractivity contribution in [1.29, 1.82) is 0 Å². The maximum Gasteiger partial charge on any atom is 0.243 e. The molecule has 0 fully saturated rings. The number of rotatable bonds is 2. The molecule has 0 bridgehead atoms. The monoisotopic (exact) mass is 384 g/mol. The Balaban J connectivity index is 1.55. The van der Waals surface area contributed by atoms with E-state index in [4.69, 9.17) is 0 Å². The van der Waals surface area contributed by atoms with Crippen LogP contribution in [0, 0.1) is 0 Å². The lowest BCUT2D eigenvalue weighted by Gasteiger charge is -2.27. The van der Waals surface area contributed by atoms with Crippen LogP contribution >= 0.6 is 11.3 Å². The third kappa shape index (κ3) is 2.37. The molecule has 2 aliphatic heterocycles. The van der Waals surface area contributed by atoms with Crippen LogP contribution in [0.15, 0.2) is 48.0 Å². The van der Waals surface area contributed by atoms with Crippen molar-refractivity contribution < 1.29 is 8.42 Å². The molecule has 2 unspecified atom stereocenters. The maximum absolute atomic E-state index is 12.3. The fourth-order valence-electron chi connectivity index (χ4n) is 3.00. The van der Waals surface area contributed by atoms with Gasteiger partial charge in [-0.25, -0.2) is 18.4 Å². The number of anilines is 1. The van der Waals surface area contributed by atoms with Gasteiger partial charge in [0, 0.05) is 30.4 Å². The van der Waals surface area contributed by atoms with Crippen LogP contribution in [0.5, 0.6) is 0 Å². The minimum atomic E-state index is -3.50. The first-order valence-electron chi connectivity index (χ1n) is 7.80. The molecule has 2 aliphatic rings. The fourth-order valence-corrected chi connectivity index (χ4v) is 5.26. The standard InChI is InChI=1S/C16H12N6O2S2/c23-26(24)13-8-19-21-15(13)14-11(22-26)4-3-10(20-14)12-7-18-16(25-12)9-2-1-5-17-6-9/h1-8,13,15,21-22H. The molecule has 0 amide bonds. The van der Waals surface area contributed by atoms with E-state index in [9.17, 15) is 8.42 Å². The van der Waals surface area contributed by atoms with Crippen molar-refractivity contribution in [1.82, 2.24) is 20.4 Å². The minimum Gasteiger partial charge on any atom is -0.299 e. The number of nitrogens with zero attached hydrogens (tertiary/aromatic N) is 4. The number of pyridine rings is 2. The van der Waals surface area contributed by atoms with Crippen LogP contribution in [0.2, 0.25) is 0 Å². The topological polar surface area (TPSA) is 109 Å². The van der Waals surface area contributed by atoms with E-state index < -0.39 is 21.3 Å². The lowest BCUT2D eigenvalue weighted by atomic mass is 10.1. The zero-order chi connectivity index (χ0) is 17.7. The molecule has 0 aromatic carbocycles. The average molecular weight is 384 g/mol. The van der Waals surface area contributed by atoms with Crippen molar-refractivity contribution in [3.63, 3.8) is 0 Å². The SMILES string of the molecule is O=S1(=O)Nc2ccc(-c3cnc(-c4cccnc4)s3)nc2C2NN=CC21. The van der Waals surface area contributed by atoms with Crippen LogP contribution in [0.25, 0.3) is 21.1 Å². The van der Waals surface area contributed by atoms with E-state index in [0.29, 0.717) is 11.4 Å². The highest BCUT2D eigenvalue weighted by molar-refractivity contribution is 7.94. The van der Waals surface area contributed by atoms with E-state index in [1.807, 2.05) is 12.1 Å². The van der Waals surface area contributed by atoms with E-state index >= 15 is 0 Å². The highest BCUT2D eigenvalue weighted by atomic mass is 32.2. The summed E-state index contributed by atoms with van der Waals surface area (Å²) in [7, 11) is -3.50.